The van der Waals surface area contributed by atoms with Crippen molar-refractivity contribution in [3.8, 4) is 17.2 Å². The summed E-state index contributed by atoms with van der Waals surface area (Å²) in [6, 6.07) is 15.5. The lowest BCUT2D eigenvalue weighted by Gasteiger charge is -2.09. The van der Waals surface area contributed by atoms with Gasteiger partial charge in [0, 0.05) is 17.4 Å². The monoisotopic (exact) mass is 400 g/mol. The Kier molecular flexibility index (Phi) is 7.11. The van der Waals surface area contributed by atoms with Crippen LogP contribution in [-0.4, -0.2) is 32.4 Å². The molecule has 0 unspecified atom stereocenters. The van der Waals surface area contributed by atoms with Gasteiger partial charge in [-0.25, -0.2) is 4.98 Å². The van der Waals surface area contributed by atoms with Crippen LogP contribution in [0.4, 0.5) is 5.13 Å². The van der Waals surface area contributed by atoms with Crippen LogP contribution in [0.25, 0.3) is 0 Å². The van der Waals surface area contributed by atoms with Gasteiger partial charge in [-0.3, -0.25) is 0 Å². The maximum atomic E-state index is 5.91. The topological polar surface area (TPSA) is 75.8 Å². The van der Waals surface area contributed by atoms with Crippen LogP contribution in [0, 0.1) is 0 Å². The van der Waals surface area contributed by atoms with Crippen LogP contribution in [0.5, 0.6) is 17.2 Å². The van der Waals surface area contributed by atoms with Crippen molar-refractivity contribution >= 4 is 16.5 Å². The Morgan fingerprint density at radius 1 is 0.929 bits per heavy atom. The molecule has 28 heavy (non-hydrogen) atoms. The summed E-state index contributed by atoms with van der Waals surface area (Å²) in [5, 5.41) is 0.545. The van der Waals surface area contributed by atoms with Gasteiger partial charge in [0.25, 0.3) is 0 Å². The molecule has 0 saturated carbocycles. The first-order chi connectivity index (χ1) is 13.7. The second-order valence-electron chi connectivity index (χ2n) is 6.03. The molecule has 0 fully saturated rings. The highest BCUT2D eigenvalue weighted by Gasteiger charge is 2.11. The number of ether oxygens (including phenoxy) is 4. The summed E-state index contributed by atoms with van der Waals surface area (Å²) in [5.41, 5.74) is 7.92. The number of aromatic nitrogens is 1. The minimum atomic E-state index is 0.397. The first-order valence-electron chi connectivity index (χ1n) is 8.89. The van der Waals surface area contributed by atoms with Crippen molar-refractivity contribution in [1.29, 1.82) is 0 Å². The molecule has 0 saturated heterocycles. The summed E-state index contributed by atoms with van der Waals surface area (Å²) in [5.74, 6) is 2.35. The van der Waals surface area contributed by atoms with Crippen molar-refractivity contribution in [3.05, 3.63) is 64.7 Å². The maximum absolute atomic E-state index is 5.91. The van der Waals surface area contributed by atoms with E-state index in [2.05, 4.69) is 11.1 Å². The molecule has 0 atom stereocenters. The highest BCUT2D eigenvalue weighted by molar-refractivity contribution is 7.15. The number of nitrogens with zero attached hydrogens (tertiary/aromatic N) is 1. The van der Waals surface area contributed by atoms with Gasteiger partial charge in [0.15, 0.2) is 5.13 Å². The molecule has 2 aromatic carbocycles. The van der Waals surface area contributed by atoms with Crippen molar-refractivity contribution < 1.29 is 18.9 Å². The maximum Gasteiger partial charge on any atom is 0.180 e. The lowest BCUT2D eigenvalue weighted by molar-refractivity contribution is 0.0868. The molecule has 0 aliphatic heterocycles. The van der Waals surface area contributed by atoms with Gasteiger partial charge >= 0.3 is 0 Å². The van der Waals surface area contributed by atoms with Gasteiger partial charge in [-0.2, -0.15) is 0 Å². The SMILES string of the molecule is COc1cccc(Cc2sc(N)nc2COCCOc2cccc(OC)c2)c1. The lowest BCUT2D eigenvalue weighted by atomic mass is 10.1. The zero-order valence-electron chi connectivity index (χ0n) is 16.0. The summed E-state index contributed by atoms with van der Waals surface area (Å²) in [4.78, 5) is 5.51. The van der Waals surface area contributed by atoms with Crippen LogP contribution in [0.2, 0.25) is 0 Å². The van der Waals surface area contributed by atoms with Gasteiger partial charge in [0.2, 0.25) is 0 Å². The average molecular weight is 401 g/mol. The molecule has 0 aliphatic rings. The van der Waals surface area contributed by atoms with E-state index < -0.39 is 0 Å². The highest BCUT2D eigenvalue weighted by Crippen LogP contribution is 2.25. The Hall–Kier alpha value is -2.77. The van der Waals surface area contributed by atoms with Gasteiger partial charge in [0.05, 0.1) is 33.1 Å². The standard InChI is InChI=1S/C21H24N2O4S/c1-24-16-6-3-5-15(11-16)12-20-19(23-21(22)28-20)14-26-9-10-27-18-8-4-7-17(13-18)25-2/h3-8,11,13H,9-10,12,14H2,1-2H3,(H2,22,23). The van der Waals surface area contributed by atoms with E-state index in [9.17, 15) is 0 Å². The first-order valence-corrected chi connectivity index (χ1v) is 9.71. The number of thiazole rings is 1. The normalized spacial score (nSPS) is 10.6. The second kappa shape index (κ2) is 9.96. The number of rotatable bonds is 10. The fraction of sp³-hybridized carbons (Fsp3) is 0.286. The number of anilines is 1. The number of methoxy groups -OCH3 is 2. The average Bonchev–Trinajstić information content (AvgIpc) is 3.07. The van der Waals surface area contributed by atoms with Crippen molar-refractivity contribution in [1.82, 2.24) is 4.98 Å². The summed E-state index contributed by atoms with van der Waals surface area (Å²) in [7, 11) is 3.29. The summed E-state index contributed by atoms with van der Waals surface area (Å²) in [6.45, 7) is 1.29. The Balaban J connectivity index is 1.50. The third kappa shape index (κ3) is 5.61. The minimum Gasteiger partial charge on any atom is -0.497 e. The van der Waals surface area contributed by atoms with E-state index in [0.717, 1.165) is 39.8 Å². The van der Waals surface area contributed by atoms with E-state index in [4.69, 9.17) is 24.7 Å². The van der Waals surface area contributed by atoms with Crippen LogP contribution in [-0.2, 0) is 17.8 Å². The quantitative estimate of drug-likeness (QED) is 0.520. The fourth-order valence-electron chi connectivity index (χ4n) is 2.70. The zero-order valence-corrected chi connectivity index (χ0v) is 16.8. The lowest BCUT2D eigenvalue weighted by Crippen LogP contribution is -2.07. The Bertz CT molecular complexity index is 898. The van der Waals surface area contributed by atoms with Gasteiger partial charge in [-0.05, 0) is 29.8 Å². The summed E-state index contributed by atoms with van der Waals surface area (Å²) in [6.07, 6.45) is 0.741. The molecule has 3 aromatic rings. The predicted molar refractivity (Wildman–Crippen MR) is 110 cm³/mol. The van der Waals surface area contributed by atoms with Gasteiger partial charge in [-0.1, -0.05) is 18.2 Å². The molecular weight excluding hydrogens is 376 g/mol. The number of nitrogens with two attached hydrogens (primary N) is 1. The number of hydrogen-bond donors (Lipinski definition) is 1. The molecule has 2 N–H and O–H groups in total. The predicted octanol–water partition coefficient (Wildman–Crippen LogP) is 3.93. The second-order valence-corrected chi connectivity index (χ2v) is 7.15. The summed E-state index contributed by atoms with van der Waals surface area (Å²) >= 11 is 1.49. The Morgan fingerprint density at radius 3 is 2.43 bits per heavy atom. The van der Waals surface area contributed by atoms with E-state index >= 15 is 0 Å². The summed E-state index contributed by atoms with van der Waals surface area (Å²) < 4.78 is 21.9. The van der Waals surface area contributed by atoms with Crippen LogP contribution in [0.3, 0.4) is 0 Å². The van der Waals surface area contributed by atoms with Gasteiger partial charge < -0.3 is 24.7 Å². The minimum absolute atomic E-state index is 0.397. The van der Waals surface area contributed by atoms with Crippen LogP contribution < -0.4 is 19.9 Å². The first kappa shape index (κ1) is 20.0. The van der Waals surface area contributed by atoms with E-state index in [1.54, 1.807) is 14.2 Å². The van der Waals surface area contributed by atoms with Gasteiger partial charge in [-0.15, -0.1) is 11.3 Å². The van der Waals surface area contributed by atoms with E-state index in [1.807, 2.05) is 42.5 Å². The highest BCUT2D eigenvalue weighted by atomic mass is 32.1. The number of hydrogen-bond acceptors (Lipinski definition) is 7. The molecule has 3 rings (SSSR count). The van der Waals surface area contributed by atoms with Gasteiger partial charge in [0.1, 0.15) is 23.9 Å². The molecule has 7 heteroatoms. The molecule has 0 amide bonds. The molecule has 0 aliphatic carbocycles. The number of benzene rings is 2. The van der Waals surface area contributed by atoms with Crippen molar-refractivity contribution in [3.63, 3.8) is 0 Å². The molecule has 1 heterocycles. The molecule has 0 spiro atoms. The zero-order chi connectivity index (χ0) is 19.8. The molecule has 6 nitrogen and oxygen atoms in total. The Morgan fingerprint density at radius 2 is 1.64 bits per heavy atom. The molecular formula is C21H24N2O4S. The third-order valence-electron chi connectivity index (χ3n) is 4.07. The molecule has 0 bridgehead atoms. The van der Waals surface area contributed by atoms with Crippen LogP contribution in [0.1, 0.15) is 16.1 Å². The van der Waals surface area contributed by atoms with E-state index in [0.29, 0.717) is 25.0 Å². The third-order valence-corrected chi connectivity index (χ3v) is 5.00. The van der Waals surface area contributed by atoms with E-state index in [-0.39, 0.29) is 0 Å². The molecule has 0 radical (unpaired) electrons. The van der Waals surface area contributed by atoms with Crippen LogP contribution in [0.15, 0.2) is 48.5 Å². The van der Waals surface area contributed by atoms with Crippen molar-refractivity contribution in [2.75, 3.05) is 33.2 Å². The Labute approximate surface area is 168 Å². The van der Waals surface area contributed by atoms with Crippen molar-refractivity contribution in [2.45, 2.75) is 13.0 Å². The number of nitrogen functional groups attached to an aromatic ring is 1. The molecule has 1 aromatic heterocycles. The molecule has 148 valence electrons. The largest absolute Gasteiger partial charge is 0.497 e. The fourth-order valence-corrected chi connectivity index (χ4v) is 3.57. The smallest absolute Gasteiger partial charge is 0.180 e. The van der Waals surface area contributed by atoms with Crippen molar-refractivity contribution in [2.24, 2.45) is 0 Å². The van der Waals surface area contributed by atoms with Crippen LogP contribution >= 0.6 is 11.3 Å². The van der Waals surface area contributed by atoms with E-state index in [1.165, 1.54) is 11.3 Å².